The maximum Gasteiger partial charge on any atom is 0.203 e. The van der Waals surface area contributed by atoms with Crippen molar-refractivity contribution < 1.29 is 14.2 Å². The van der Waals surface area contributed by atoms with E-state index in [1.54, 1.807) is 21.3 Å². The summed E-state index contributed by atoms with van der Waals surface area (Å²) >= 11 is 5.87. The Morgan fingerprint density at radius 1 is 0.968 bits per heavy atom. The Labute approximate surface area is 188 Å². The lowest BCUT2D eigenvalue weighted by Crippen LogP contribution is -2.44. The first-order chi connectivity index (χ1) is 15.0. The molecular weight excluding hydrogens is 410 g/mol. The molecule has 0 spiro atoms. The highest BCUT2D eigenvalue weighted by molar-refractivity contribution is 7.80. The van der Waals surface area contributed by atoms with Gasteiger partial charge in [-0.3, -0.25) is 0 Å². The molecule has 2 aromatic carbocycles. The molecule has 0 saturated heterocycles. The van der Waals surface area contributed by atoms with Crippen LogP contribution >= 0.6 is 12.2 Å². The Bertz CT molecular complexity index is 1070. The van der Waals surface area contributed by atoms with E-state index < -0.39 is 0 Å². The van der Waals surface area contributed by atoms with Gasteiger partial charge in [0.15, 0.2) is 16.6 Å². The fourth-order valence-corrected chi connectivity index (χ4v) is 4.44. The third-order valence-corrected chi connectivity index (χ3v) is 5.91. The number of benzene rings is 2. The maximum atomic E-state index is 5.87. The second-order valence-corrected chi connectivity index (χ2v) is 7.87. The molecule has 0 aliphatic carbocycles. The number of anilines is 1. The number of ether oxygens (including phenoxy) is 3. The number of thiocarbonyl (C=S) groups is 1. The second-order valence-electron chi connectivity index (χ2n) is 7.48. The molecule has 1 aromatic heterocycles. The smallest absolute Gasteiger partial charge is 0.203 e. The predicted molar refractivity (Wildman–Crippen MR) is 126 cm³/mol. The first kappa shape index (κ1) is 21.1. The van der Waals surface area contributed by atoms with E-state index in [1.807, 2.05) is 24.3 Å². The van der Waals surface area contributed by atoms with E-state index in [9.17, 15) is 0 Å². The molecule has 1 N–H and O–H groups in total. The van der Waals surface area contributed by atoms with Gasteiger partial charge in [-0.2, -0.15) is 0 Å². The highest BCUT2D eigenvalue weighted by Crippen LogP contribution is 2.43. The van der Waals surface area contributed by atoms with E-state index >= 15 is 0 Å². The van der Waals surface area contributed by atoms with Gasteiger partial charge in [-0.05, 0) is 66.7 Å². The van der Waals surface area contributed by atoms with Crippen LogP contribution in [-0.2, 0) is 6.54 Å². The monoisotopic (exact) mass is 437 g/mol. The van der Waals surface area contributed by atoms with Crippen molar-refractivity contribution in [1.29, 1.82) is 0 Å². The Morgan fingerprint density at radius 2 is 1.71 bits per heavy atom. The van der Waals surface area contributed by atoms with Gasteiger partial charge in [-0.25, -0.2) is 0 Å². The lowest BCUT2D eigenvalue weighted by molar-refractivity contribution is 0.288. The quantitative estimate of drug-likeness (QED) is 0.588. The molecule has 1 unspecified atom stereocenters. The van der Waals surface area contributed by atoms with E-state index in [0.717, 1.165) is 30.0 Å². The van der Waals surface area contributed by atoms with Crippen LogP contribution in [0.25, 0.3) is 0 Å². The summed E-state index contributed by atoms with van der Waals surface area (Å²) in [5, 5.41) is 4.09. The molecule has 7 heteroatoms. The molecule has 0 amide bonds. The van der Waals surface area contributed by atoms with Crippen molar-refractivity contribution in [3.63, 3.8) is 0 Å². The lowest BCUT2D eigenvalue weighted by Gasteiger charge is -2.39. The van der Waals surface area contributed by atoms with Gasteiger partial charge in [0.25, 0.3) is 0 Å². The summed E-state index contributed by atoms with van der Waals surface area (Å²) in [7, 11) is 4.87. The number of aromatic nitrogens is 1. The third-order valence-electron chi connectivity index (χ3n) is 5.57. The van der Waals surface area contributed by atoms with Gasteiger partial charge < -0.3 is 29.0 Å². The molecule has 1 aliphatic rings. The van der Waals surface area contributed by atoms with Crippen molar-refractivity contribution in [1.82, 2.24) is 9.47 Å². The molecule has 4 rings (SSSR count). The van der Waals surface area contributed by atoms with Crippen LogP contribution in [0.5, 0.6) is 17.2 Å². The Balaban J connectivity index is 1.76. The average molecular weight is 438 g/mol. The summed E-state index contributed by atoms with van der Waals surface area (Å²) in [5.74, 6) is 1.82. The van der Waals surface area contributed by atoms with Crippen LogP contribution < -0.4 is 19.5 Å². The average Bonchev–Trinajstić information content (AvgIpc) is 3.26. The van der Waals surface area contributed by atoms with Gasteiger partial charge in [0.1, 0.15) is 0 Å². The first-order valence-electron chi connectivity index (χ1n) is 10.1. The van der Waals surface area contributed by atoms with Gasteiger partial charge in [-0.15, -0.1) is 0 Å². The van der Waals surface area contributed by atoms with Crippen molar-refractivity contribution in [3.05, 3.63) is 71.5 Å². The molecule has 0 fully saturated rings. The van der Waals surface area contributed by atoms with Crippen LogP contribution in [0.15, 0.2) is 54.7 Å². The summed E-state index contributed by atoms with van der Waals surface area (Å²) in [6.07, 6.45) is 2.11. The largest absolute Gasteiger partial charge is 0.493 e. The standard InChI is InChI=1S/C24H27N3O3S/c1-16-7-5-8-18(13-16)25-24(31)27-12-11-26-10-6-9-19(26)22(27)17-14-20(28-2)23(30-4)21(15-17)29-3/h5-10,13-15,22H,11-12H2,1-4H3,(H,25,31). The molecule has 6 nitrogen and oxygen atoms in total. The van der Waals surface area contributed by atoms with Crippen LogP contribution in [-0.4, -0.2) is 42.5 Å². The number of aryl methyl sites for hydroxylation is 1. The number of fused-ring (bicyclic) bond motifs is 1. The van der Waals surface area contributed by atoms with E-state index in [-0.39, 0.29) is 6.04 Å². The Hall–Kier alpha value is -3.19. The molecule has 0 radical (unpaired) electrons. The number of hydrogen-bond donors (Lipinski definition) is 1. The number of hydrogen-bond acceptors (Lipinski definition) is 4. The van der Waals surface area contributed by atoms with Crippen LogP contribution in [0.1, 0.15) is 22.9 Å². The predicted octanol–water partition coefficient (Wildman–Crippen LogP) is 4.62. The zero-order valence-electron chi connectivity index (χ0n) is 18.2. The topological polar surface area (TPSA) is 47.9 Å². The minimum atomic E-state index is -0.0951. The summed E-state index contributed by atoms with van der Waals surface area (Å²) < 4.78 is 19.0. The SMILES string of the molecule is COc1cc(C2c3cccn3CCN2C(=S)Nc2cccc(C)c2)cc(OC)c1OC. The van der Waals surface area contributed by atoms with Gasteiger partial charge in [0.2, 0.25) is 5.75 Å². The van der Waals surface area contributed by atoms with Crippen LogP contribution in [0.4, 0.5) is 5.69 Å². The van der Waals surface area contributed by atoms with E-state index in [1.165, 1.54) is 5.56 Å². The molecular formula is C24H27N3O3S. The Morgan fingerprint density at radius 3 is 2.35 bits per heavy atom. The van der Waals surface area contributed by atoms with Gasteiger partial charge >= 0.3 is 0 Å². The van der Waals surface area contributed by atoms with Crippen LogP contribution in [0.3, 0.4) is 0 Å². The first-order valence-corrected chi connectivity index (χ1v) is 10.6. The fraction of sp³-hybridized carbons (Fsp3) is 0.292. The fourth-order valence-electron chi connectivity index (χ4n) is 4.13. The molecule has 2 heterocycles. The highest BCUT2D eigenvalue weighted by atomic mass is 32.1. The molecule has 1 aliphatic heterocycles. The minimum Gasteiger partial charge on any atom is -0.493 e. The Kier molecular flexibility index (Phi) is 6.04. The van der Waals surface area contributed by atoms with Gasteiger partial charge in [0, 0.05) is 30.7 Å². The lowest BCUT2D eigenvalue weighted by atomic mass is 9.99. The van der Waals surface area contributed by atoms with Crippen molar-refractivity contribution in [2.24, 2.45) is 0 Å². The zero-order chi connectivity index (χ0) is 22.0. The summed E-state index contributed by atoms with van der Waals surface area (Å²) in [4.78, 5) is 2.22. The normalized spacial score (nSPS) is 15.2. The van der Waals surface area contributed by atoms with E-state index in [4.69, 9.17) is 26.4 Å². The van der Waals surface area contributed by atoms with Gasteiger partial charge in [0.05, 0.1) is 27.4 Å². The summed E-state index contributed by atoms with van der Waals surface area (Å²) in [5.41, 5.74) is 4.34. The summed E-state index contributed by atoms with van der Waals surface area (Å²) in [6, 6.07) is 16.3. The van der Waals surface area contributed by atoms with Gasteiger partial charge in [-0.1, -0.05) is 12.1 Å². The third kappa shape index (κ3) is 4.05. The molecule has 1 atom stereocenters. The summed E-state index contributed by atoms with van der Waals surface area (Å²) in [6.45, 7) is 3.71. The molecule has 31 heavy (non-hydrogen) atoms. The number of methoxy groups -OCH3 is 3. The van der Waals surface area contributed by atoms with Crippen molar-refractivity contribution in [3.8, 4) is 17.2 Å². The maximum absolute atomic E-state index is 5.87. The molecule has 3 aromatic rings. The van der Waals surface area contributed by atoms with Crippen molar-refractivity contribution >= 4 is 23.0 Å². The zero-order valence-corrected chi connectivity index (χ0v) is 19.0. The molecule has 162 valence electrons. The van der Waals surface area contributed by atoms with E-state index in [0.29, 0.717) is 22.4 Å². The highest BCUT2D eigenvalue weighted by Gasteiger charge is 2.32. The van der Waals surface area contributed by atoms with E-state index in [2.05, 4.69) is 52.2 Å². The molecule has 0 saturated carbocycles. The van der Waals surface area contributed by atoms with Crippen molar-refractivity contribution in [2.75, 3.05) is 33.2 Å². The minimum absolute atomic E-state index is 0.0951. The number of nitrogens with zero attached hydrogens (tertiary/aromatic N) is 2. The van der Waals surface area contributed by atoms with Crippen LogP contribution in [0, 0.1) is 6.92 Å². The molecule has 0 bridgehead atoms. The number of rotatable bonds is 5. The van der Waals surface area contributed by atoms with Crippen molar-refractivity contribution in [2.45, 2.75) is 19.5 Å². The number of nitrogens with one attached hydrogen (secondary N) is 1. The second kappa shape index (κ2) is 8.89. The van der Waals surface area contributed by atoms with Crippen LogP contribution in [0.2, 0.25) is 0 Å².